The van der Waals surface area contributed by atoms with Crippen LogP contribution in [0.25, 0.3) is 0 Å². The van der Waals surface area contributed by atoms with Gasteiger partial charge in [-0.1, -0.05) is 41.9 Å². The van der Waals surface area contributed by atoms with Crippen molar-refractivity contribution in [3.63, 3.8) is 0 Å². The summed E-state index contributed by atoms with van der Waals surface area (Å²) in [7, 11) is 0. The van der Waals surface area contributed by atoms with Gasteiger partial charge >= 0.3 is 0 Å². The number of nitrogens with zero attached hydrogens (tertiary/aromatic N) is 2. The van der Waals surface area contributed by atoms with Crippen LogP contribution in [0.4, 0.5) is 4.39 Å². The molecule has 4 nitrogen and oxygen atoms in total. The van der Waals surface area contributed by atoms with Gasteiger partial charge in [-0.15, -0.1) is 11.3 Å². The number of hydrogen-bond acceptors (Lipinski definition) is 4. The largest absolute Gasteiger partial charge is 0.350 e. The summed E-state index contributed by atoms with van der Waals surface area (Å²) in [5, 5.41) is 3.97. The van der Waals surface area contributed by atoms with E-state index in [-0.39, 0.29) is 16.6 Å². The first kappa shape index (κ1) is 20.0. The van der Waals surface area contributed by atoms with Crippen LogP contribution in [0.2, 0.25) is 5.02 Å². The summed E-state index contributed by atoms with van der Waals surface area (Å²) in [5.74, 6) is -1.12. The molecule has 150 valence electrons. The van der Waals surface area contributed by atoms with E-state index < -0.39 is 11.7 Å². The Labute approximate surface area is 178 Å². The SMILES string of the molecule is Cc1ncc(C(CNC(=O)c2c(F)cccc2Cl)N2CCc3ccccc3C2)s1. The minimum atomic E-state index is -0.618. The van der Waals surface area contributed by atoms with Gasteiger partial charge in [0.1, 0.15) is 5.82 Å². The highest BCUT2D eigenvalue weighted by Gasteiger charge is 2.27. The number of carbonyl (C=O) groups is 1. The van der Waals surface area contributed by atoms with Gasteiger partial charge in [0.15, 0.2) is 0 Å². The molecule has 1 atom stereocenters. The van der Waals surface area contributed by atoms with Crippen LogP contribution in [0.15, 0.2) is 48.7 Å². The maximum Gasteiger partial charge on any atom is 0.255 e. The molecular formula is C22H21ClFN3OS. The second-order valence-electron chi connectivity index (χ2n) is 7.09. The quantitative estimate of drug-likeness (QED) is 0.635. The molecule has 0 aliphatic carbocycles. The van der Waals surface area contributed by atoms with Crippen LogP contribution in [0.3, 0.4) is 0 Å². The van der Waals surface area contributed by atoms with Crippen molar-refractivity contribution in [1.29, 1.82) is 0 Å². The summed E-state index contributed by atoms with van der Waals surface area (Å²) in [6, 6.07) is 12.6. The van der Waals surface area contributed by atoms with Crippen LogP contribution < -0.4 is 5.32 Å². The molecule has 1 unspecified atom stereocenters. The summed E-state index contributed by atoms with van der Waals surface area (Å²) in [6.07, 6.45) is 2.82. The van der Waals surface area contributed by atoms with Gasteiger partial charge in [0, 0.05) is 30.7 Å². The molecule has 1 aromatic heterocycles. The normalized spacial score (nSPS) is 15.0. The Morgan fingerprint density at radius 1 is 1.28 bits per heavy atom. The number of aromatic nitrogens is 1. The molecule has 0 bridgehead atoms. The summed E-state index contributed by atoms with van der Waals surface area (Å²) in [4.78, 5) is 20.5. The highest BCUT2D eigenvalue weighted by molar-refractivity contribution is 7.11. The number of thiazole rings is 1. The van der Waals surface area contributed by atoms with E-state index in [1.807, 2.05) is 13.1 Å². The number of rotatable bonds is 5. The minimum absolute atomic E-state index is 0.0379. The predicted molar refractivity (Wildman–Crippen MR) is 114 cm³/mol. The zero-order valence-electron chi connectivity index (χ0n) is 16.0. The number of aryl methyl sites for hydroxylation is 1. The van der Waals surface area contributed by atoms with Crippen LogP contribution in [-0.4, -0.2) is 28.9 Å². The number of hydrogen-bond donors (Lipinski definition) is 1. The fraction of sp³-hybridized carbons (Fsp3) is 0.273. The molecule has 29 heavy (non-hydrogen) atoms. The highest BCUT2D eigenvalue weighted by Crippen LogP contribution is 2.30. The van der Waals surface area contributed by atoms with E-state index in [9.17, 15) is 9.18 Å². The van der Waals surface area contributed by atoms with Gasteiger partial charge in [-0.3, -0.25) is 9.69 Å². The van der Waals surface area contributed by atoms with Crippen molar-refractivity contribution in [2.24, 2.45) is 0 Å². The van der Waals surface area contributed by atoms with Crippen LogP contribution in [0, 0.1) is 12.7 Å². The monoisotopic (exact) mass is 429 g/mol. The first-order valence-electron chi connectivity index (χ1n) is 9.48. The fourth-order valence-electron chi connectivity index (χ4n) is 3.72. The second kappa shape index (κ2) is 8.61. The first-order chi connectivity index (χ1) is 14.0. The van der Waals surface area contributed by atoms with Crippen molar-refractivity contribution in [2.45, 2.75) is 25.9 Å². The van der Waals surface area contributed by atoms with E-state index >= 15 is 0 Å². The number of benzene rings is 2. The van der Waals surface area contributed by atoms with Crippen LogP contribution in [-0.2, 0) is 13.0 Å². The summed E-state index contributed by atoms with van der Waals surface area (Å²) >= 11 is 7.67. The van der Waals surface area contributed by atoms with E-state index in [0.717, 1.165) is 29.4 Å². The lowest BCUT2D eigenvalue weighted by Crippen LogP contribution is -2.40. The summed E-state index contributed by atoms with van der Waals surface area (Å²) in [5.41, 5.74) is 2.55. The number of halogens is 2. The van der Waals surface area contributed by atoms with E-state index in [2.05, 4.69) is 39.5 Å². The maximum atomic E-state index is 14.1. The van der Waals surface area contributed by atoms with Crippen LogP contribution in [0.5, 0.6) is 0 Å². The molecule has 7 heteroatoms. The van der Waals surface area contributed by atoms with Gasteiger partial charge in [-0.05, 0) is 36.6 Å². The smallest absolute Gasteiger partial charge is 0.255 e. The Morgan fingerprint density at radius 2 is 2.07 bits per heavy atom. The van der Waals surface area contributed by atoms with E-state index in [4.69, 9.17) is 11.6 Å². The Hall–Kier alpha value is -2.28. The lowest BCUT2D eigenvalue weighted by Gasteiger charge is -2.35. The molecule has 0 saturated heterocycles. The molecule has 1 aliphatic heterocycles. The minimum Gasteiger partial charge on any atom is -0.350 e. The zero-order valence-corrected chi connectivity index (χ0v) is 17.6. The van der Waals surface area contributed by atoms with Gasteiger partial charge in [0.25, 0.3) is 5.91 Å². The third-order valence-electron chi connectivity index (χ3n) is 5.21. The third-order valence-corrected chi connectivity index (χ3v) is 6.54. The molecule has 2 aromatic carbocycles. The fourth-order valence-corrected chi connectivity index (χ4v) is 4.89. The molecule has 0 spiro atoms. The molecular weight excluding hydrogens is 409 g/mol. The standard InChI is InChI=1S/C22H21ClFN3OS/c1-14-25-12-20(29-14)19(27-10-9-15-5-2-3-6-16(15)13-27)11-26-22(28)21-17(23)7-4-8-18(21)24/h2-8,12,19H,9-11,13H2,1H3,(H,26,28). The number of carbonyl (C=O) groups excluding carboxylic acids is 1. The number of nitrogens with one attached hydrogen (secondary N) is 1. The number of fused-ring (bicyclic) bond motifs is 1. The predicted octanol–water partition coefficient (Wildman–Crippen LogP) is 4.77. The molecule has 1 aliphatic rings. The second-order valence-corrected chi connectivity index (χ2v) is 8.77. The van der Waals surface area contributed by atoms with Gasteiger partial charge < -0.3 is 5.32 Å². The Morgan fingerprint density at radius 3 is 2.79 bits per heavy atom. The van der Waals surface area contributed by atoms with Crippen LogP contribution in [0.1, 0.15) is 37.4 Å². The molecule has 3 aromatic rings. The zero-order chi connectivity index (χ0) is 20.4. The first-order valence-corrected chi connectivity index (χ1v) is 10.7. The molecule has 2 heterocycles. The van der Waals surface area contributed by atoms with Gasteiger partial charge in [0.05, 0.1) is 21.6 Å². The number of amides is 1. The Kier molecular flexibility index (Phi) is 5.94. The third kappa shape index (κ3) is 4.34. The van der Waals surface area contributed by atoms with Crippen molar-refractivity contribution in [2.75, 3.05) is 13.1 Å². The summed E-state index contributed by atoms with van der Waals surface area (Å²) < 4.78 is 14.1. The Balaban J connectivity index is 1.55. The van der Waals surface area contributed by atoms with Crippen molar-refractivity contribution >= 4 is 28.8 Å². The lowest BCUT2D eigenvalue weighted by molar-refractivity contribution is 0.0925. The molecule has 0 saturated carbocycles. The highest BCUT2D eigenvalue weighted by atomic mass is 35.5. The average Bonchev–Trinajstić information content (AvgIpc) is 3.14. The van der Waals surface area contributed by atoms with Gasteiger partial charge in [0.2, 0.25) is 0 Å². The lowest BCUT2D eigenvalue weighted by atomic mass is 9.98. The van der Waals surface area contributed by atoms with Crippen LogP contribution >= 0.6 is 22.9 Å². The van der Waals surface area contributed by atoms with E-state index in [0.29, 0.717) is 6.54 Å². The molecule has 1 N–H and O–H groups in total. The molecule has 1 amide bonds. The van der Waals surface area contributed by atoms with Crippen molar-refractivity contribution in [3.8, 4) is 0 Å². The Bertz CT molecular complexity index is 1020. The van der Waals surface area contributed by atoms with E-state index in [1.165, 1.54) is 29.3 Å². The van der Waals surface area contributed by atoms with Crippen molar-refractivity contribution in [1.82, 2.24) is 15.2 Å². The summed E-state index contributed by atoms with van der Waals surface area (Å²) in [6.45, 7) is 4.00. The molecule has 0 radical (unpaired) electrons. The van der Waals surface area contributed by atoms with Crippen molar-refractivity contribution < 1.29 is 9.18 Å². The molecule has 0 fully saturated rings. The topological polar surface area (TPSA) is 45.2 Å². The van der Waals surface area contributed by atoms with Gasteiger partial charge in [-0.2, -0.15) is 0 Å². The molecule has 4 rings (SSSR count). The van der Waals surface area contributed by atoms with E-state index in [1.54, 1.807) is 11.3 Å². The maximum absolute atomic E-state index is 14.1. The van der Waals surface area contributed by atoms with Gasteiger partial charge in [-0.25, -0.2) is 9.37 Å². The van der Waals surface area contributed by atoms with Crippen molar-refractivity contribution in [3.05, 3.63) is 86.1 Å². The average molecular weight is 430 g/mol.